The molecule has 3 rings (SSSR count). The van der Waals surface area contributed by atoms with Gasteiger partial charge >= 0.3 is 0 Å². The van der Waals surface area contributed by atoms with Crippen molar-refractivity contribution in [2.75, 3.05) is 6.61 Å². The normalized spacial score (nSPS) is 11.5. The van der Waals surface area contributed by atoms with Crippen LogP contribution < -0.4 is 10.1 Å². The molecule has 0 saturated carbocycles. The average Bonchev–Trinajstić information content (AvgIpc) is 2.96. The predicted molar refractivity (Wildman–Crippen MR) is 101 cm³/mol. The molecular formula is C21H24N2O2. The lowest BCUT2D eigenvalue weighted by molar-refractivity contribution is -0.124. The zero-order valence-corrected chi connectivity index (χ0v) is 14.9. The molecule has 0 aliphatic heterocycles. The Morgan fingerprint density at radius 2 is 1.84 bits per heavy atom. The number of para-hydroxylation sites is 1. The first-order valence-corrected chi connectivity index (χ1v) is 8.48. The van der Waals surface area contributed by atoms with Gasteiger partial charge in [-0.3, -0.25) is 4.79 Å². The van der Waals surface area contributed by atoms with E-state index in [1.54, 1.807) is 0 Å². The Kier molecular flexibility index (Phi) is 4.79. The smallest absolute Gasteiger partial charge is 0.258 e. The lowest BCUT2D eigenvalue weighted by Crippen LogP contribution is -2.47. The van der Waals surface area contributed by atoms with Crippen molar-refractivity contribution in [1.82, 2.24) is 10.3 Å². The Bertz CT molecular complexity index is 863. The van der Waals surface area contributed by atoms with Crippen LogP contribution in [-0.4, -0.2) is 23.0 Å². The molecule has 2 aromatic carbocycles. The summed E-state index contributed by atoms with van der Waals surface area (Å²) < 4.78 is 5.56. The van der Waals surface area contributed by atoms with Crippen molar-refractivity contribution >= 4 is 16.8 Å². The number of carbonyl (C=O) groups excluding carboxylic acids is 1. The van der Waals surface area contributed by atoms with Crippen LogP contribution in [0.25, 0.3) is 10.9 Å². The van der Waals surface area contributed by atoms with Crippen molar-refractivity contribution in [3.63, 3.8) is 0 Å². The number of amides is 1. The molecule has 1 heterocycles. The van der Waals surface area contributed by atoms with Crippen molar-refractivity contribution in [2.45, 2.75) is 32.7 Å². The third-order valence-corrected chi connectivity index (χ3v) is 4.18. The number of aromatic amines is 1. The second-order valence-corrected chi connectivity index (χ2v) is 7.07. The molecule has 0 aliphatic rings. The van der Waals surface area contributed by atoms with Gasteiger partial charge in [-0.1, -0.05) is 35.9 Å². The summed E-state index contributed by atoms with van der Waals surface area (Å²) in [6.45, 7) is 6.08. The van der Waals surface area contributed by atoms with E-state index in [4.69, 9.17) is 4.74 Å². The standard InChI is InChI=1S/C21H24N2O2/c1-15-8-10-17(11-9-15)25-14-20(24)23-21(2,3)12-16-13-22-19-7-5-4-6-18(16)19/h4-11,13,22H,12,14H2,1-3H3,(H,23,24). The summed E-state index contributed by atoms with van der Waals surface area (Å²) in [6, 6.07) is 15.9. The van der Waals surface area contributed by atoms with Crippen LogP contribution >= 0.6 is 0 Å². The lowest BCUT2D eigenvalue weighted by atomic mass is 9.94. The number of fused-ring (bicyclic) bond motifs is 1. The van der Waals surface area contributed by atoms with Crippen molar-refractivity contribution in [3.8, 4) is 5.75 Å². The van der Waals surface area contributed by atoms with E-state index in [1.807, 2.05) is 63.4 Å². The topological polar surface area (TPSA) is 54.1 Å². The van der Waals surface area contributed by atoms with E-state index in [9.17, 15) is 4.79 Å². The molecule has 4 nitrogen and oxygen atoms in total. The third-order valence-electron chi connectivity index (χ3n) is 4.18. The number of hydrogen-bond donors (Lipinski definition) is 2. The van der Waals surface area contributed by atoms with E-state index in [-0.39, 0.29) is 18.1 Å². The van der Waals surface area contributed by atoms with E-state index >= 15 is 0 Å². The highest BCUT2D eigenvalue weighted by molar-refractivity contribution is 5.83. The zero-order valence-electron chi connectivity index (χ0n) is 14.9. The maximum absolute atomic E-state index is 12.2. The first kappa shape index (κ1) is 17.1. The van der Waals surface area contributed by atoms with Crippen molar-refractivity contribution in [1.29, 1.82) is 0 Å². The number of hydrogen-bond acceptors (Lipinski definition) is 2. The molecule has 0 bridgehead atoms. The predicted octanol–water partition coefficient (Wildman–Crippen LogP) is 3.99. The minimum atomic E-state index is -0.362. The number of nitrogens with one attached hydrogen (secondary N) is 2. The minimum absolute atomic E-state index is 0.0143. The summed E-state index contributed by atoms with van der Waals surface area (Å²) in [5.41, 5.74) is 3.11. The Balaban J connectivity index is 1.58. The van der Waals surface area contributed by atoms with Gasteiger partial charge in [-0.2, -0.15) is 0 Å². The first-order chi connectivity index (χ1) is 11.9. The van der Waals surface area contributed by atoms with Crippen LogP contribution in [-0.2, 0) is 11.2 Å². The number of carbonyl (C=O) groups is 1. The van der Waals surface area contributed by atoms with Crippen LogP contribution in [0.4, 0.5) is 0 Å². The maximum atomic E-state index is 12.2. The molecule has 0 spiro atoms. The van der Waals surface area contributed by atoms with Gasteiger partial charge in [0, 0.05) is 22.6 Å². The van der Waals surface area contributed by atoms with E-state index in [0.29, 0.717) is 5.75 Å². The molecular weight excluding hydrogens is 312 g/mol. The summed E-state index contributed by atoms with van der Waals surface area (Å²) in [5.74, 6) is 0.584. The highest BCUT2D eigenvalue weighted by atomic mass is 16.5. The van der Waals surface area contributed by atoms with Crippen LogP contribution in [0.15, 0.2) is 54.7 Å². The van der Waals surface area contributed by atoms with Crippen LogP contribution in [0.2, 0.25) is 0 Å². The number of H-pyrrole nitrogens is 1. The molecule has 1 amide bonds. The summed E-state index contributed by atoms with van der Waals surface area (Å²) in [7, 11) is 0. The van der Waals surface area contributed by atoms with Crippen molar-refractivity contribution in [3.05, 3.63) is 65.9 Å². The zero-order chi connectivity index (χ0) is 17.9. The van der Waals surface area contributed by atoms with Gasteiger partial charge in [-0.25, -0.2) is 0 Å². The van der Waals surface area contributed by atoms with Gasteiger partial charge < -0.3 is 15.0 Å². The molecule has 0 aliphatic carbocycles. The van der Waals surface area contributed by atoms with Gasteiger partial charge in [-0.05, 0) is 51.0 Å². The Hall–Kier alpha value is -2.75. The minimum Gasteiger partial charge on any atom is -0.484 e. The molecule has 0 fully saturated rings. The highest BCUT2D eigenvalue weighted by Gasteiger charge is 2.22. The SMILES string of the molecule is Cc1ccc(OCC(=O)NC(C)(C)Cc2c[nH]c3ccccc23)cc1. The molecule has 2 N–H and O–H groups in total. The average molecular weight is 336 g/mol. The highest BCUT2D eigenvalue weighted by Crippen LogP contribution is 2.22. The number of ether oxygens (including phenoxy) is 1. The first-order valence-electron chi connectivity index (χ1n) is 8.48. The van der Waals surface area contributed by atoms with Gasteiger partial charge in [-0.15, -0.1) is 0 Å². The molecule has 0 saturated heterocycles. The largest absolute Gasteiger partial charge is 0.484 e. The molecule has 0 atom stereocenters. The Labute approximate surface area is 148 Å². The second-order valence-electron chi connectivity index (χ2n) is 7.07. The molecule has 3 aromatic rings. The Morgan fingerprint density at radius 1 is 1.12 bits per heavy atom. The third kappa shape index (κ3) is 4.41. The fourth-order valence-corrected chi connectivity index (χ4v) is 3.00. The fourth-order valence-electron chi connectivity index (χ4n) is 3.00. The summed E-state index contributed by atoms with van der Waals surface area (Å²) >= 11 is 0. The molecule has 4 heteroatoms. The van der Waals surface area contributed by atoms with Crippen LogP contribution in [0.3, 0.4) is 0 Å². The van der Waals surface area contributed by atoms with E-state index in [1.165, 1.54) is 10.9 Å². The quantitative estimate of drug-likeness (QED) is 0.715. The number of benzene rings is 2. The second kappa shape index (κ2) is 7.01. The Morgan fingerprint density at radius 3 is 2.60 bits per heavy atom. The van der Waals surface area contributed by atoms with Gasteiger partial charge in [0.1, 0.15) is 5.75 Å². The monoisotopic (exact) mass is 336 g/mol. The number of aryl methyl sites for hydroxylation is 1. The molecule has 0 unspecified atom stereocenters. The van der Waals surface area contributed by atoms with E-state index in [2.05, 4.69) is 22.4 Å². The fraction of sp³-hybridized carbons (Fsp3) is 0.286. The van der Waals surface area contributed by atoms with E-state index in [0.717, 1.165) is 17.5 Å². The number of aromatic nitrogens is 1. The maximum Gasteiger partial charge on any atom is 0.258 e. The van der Waals surface area contributed by atoms with Gasteiger partial charge in [0.25, 0.3) is 5.91 Å². The van der Waals surface area contributed by atoms with Gasteiger partial charge in [0.2, 0.25) is 0 Å². The van der Waals surface area contributed by atoms with Crippen molar-refractivity contribution < 1.29 is 9.53 Å². The number of rotatable bonds is 6. The lowest BCUT2D eigenvalue weighted by Gasteiger charge is -2.26. The molecule has 0 radical (unpaired) electrons. The molecule has 130 valence electrons. The summed E-state index contributed by atoms with van der Waals surface area (Å²) in [6.07, 6.45) is 2.76. The van der Waals surface area contributed by atoms with Crippen LogP contribution in [0, 0.1) is 6.92 Å². The molecule has 25 heavy (non-hydrogen) atoms. The summed E-state index contributed by atoms with van der Waals surface area (Å²) in [4.78, 5) is 15.5. The van der Waals surface area contributed by atoms with E-state index < -0.39 is 0 Å². The van der Waals surface area contributed by atoms with Gasteiger partial charge in [0.05, 0.1) is 0 Å². The van der Waals surface area contributed by atoms with Gasteiger partial charge in [0.15, 0.2) is 6.61 Å². The summed E-state index contributed by atoms with van der Waals surface area (Å²) in [5, 5.41) is 4.26. The molecule has 1 aromatic heterocycles. The van der Waals surface area contributed by atoms with Crippen LogP contribution in [0.5, 0.6) is 5.75 Å². The van der Waals surface area contributed by atoms with Crippen molar-refractivity contribution in [2.24, 2.45) is 0 Å². The van der Waals surface area contributed by atoms with Crippen LogP contribution in [0.1, 0.15) is 25.0 Å².